The quantitative estimate of drug-likeness (QED) is 0.247. The summed E-state index contributed by atoms with van der Waals surface area (Å²) in [5, 5.41) is 0. The van der Waals surface area contributed by atoms with Crippen LogP contribution < -0.4 is 0 Å². The lowest BCUT2D eigenvalue weighted by Gasteiger charge is -2.07. The summed E-state index contributed by atoms with van der Waals surface area (Å²) in [5.74, 6) is -1.79. The number of carbonyl (C=O) groups excluding carboxylic acids is 3. The van der Waals surface area contributed by atoms with Crippen LogP contribution in [0.15, 0.2) is 70.7 Å². The number of hydrogen-bond donors (Lipinski definition) is 0. The summed E-state index contributed by atoms with van der Waals surface area (Å²) < 4.78 is 5.72. The van der Waals surface area contributed by atoms with Crippen LogP contribution in [0.1, 0.15) is 27.6 Å². The molecular formula is C19H15BrO4. The van der Waals surface area contributed by atoms with Crippen molar-refractivity contribution >= 4 is 33.5 Å². The van der Waals surface area contributed by atoms with Gasteiger partial charge in [-0.25, -0.2) is 4.79 Å². The number of halogens is 1. The molecule has 0 radical (unpaired) electrons. The molecule has 0 bridgehead atoms. The van der Waals surface area contributed by atoms with Gasteiger partial charge in [0.15, 0.2) is 11.6 Å². The van der Waals surface area contributed by atoms with Crippen molar-refractivity contribution in [2.24, 2.45) is 0 Å². The molecule has 0 amide bonds. The molecule has 0 aliphatic carbocycles. The van der Waals surface area contributed by atoms with Crippen LogP contribution in [-0.4, -0.2) is 24.1 Å². The van der Waals surface area contributed by atoms with Crippen molar-refractivity contribution in [1.82, 2.24) is 0 Å². The molecule has 2 aromatic carbocycles. The van der Waals surface area contributed by atoms with Gasteiger partial charge in [0.25, 0.3) is 0 Å². The third-order valence-corrected chi connectivity index (χ3v) is 3.71. The molecule has 0 N–H and O–H groups in total. The van der Waals surface area contributed by atoms with Gasteiger partial charge in [-0.05, 0) is 31.2 Å². The van der Waals surface area contributed by atoms with E-state index in [-0.39, 0.29) is 12.2 Å². The molecule has 4 nitrogen and oxygen atoms in total. The Hall–Kier alpha value is -2.53. The lowest BCUT2D eigenvalue weighted by atomic mass is 10.0. The van der Waals surface area contributed by atoms with E-state index in [1.54, 1.807) is 61.5 Å². The van der Waals surface area contributed by atoms with E-state index in [4.69, 9.17) is 4.74 Å². The zero-order valence-electron chi connectivity index (χ0n) is 13.0. The molecule has 0 aliphatic rings. The van der Waals surface area contributed by atoms with Crippen molar-refractivity contribution in [3.63, 3.8) is 0 Å². The Morgan fingerprint density at radius 3 is 2.17 bits per heavy atom. The number of rotatable bonds is 6. The van der Waals surface area contributed by atoms with E-state index in [9.17, 15) is 14.4 Å². The second kappa shape index (κ2) is 8.36. The predicted octanol–water partition coefficient (Wildman–Crippen LogP) is 4.00. The van der Waals surface area contributed by atoms with Crippen molar-refractivity contribution in [3.8, 4) is 0 Å². The maximum Gasteiger partial charge on any atom is 0.342 e. The van der Waals surface area contributed by atoms with Gasteiger partial charge >= 0.3 is 5.97 Å². The fourth-order valence-electron chi connectivity index (χ4n) is 2.00. The highest BCUT2D eigenvalue weighted by atomic mass is 79.9. The molecule has 122 valence electrons. The van der Waals surface area contributed by atoms with Crippen LogP contribution in [0.4, 0.5) is 0 Å². The fraction of sp³-hybridized carbons (Fsp3) is 0.105. The van der Waals surface area contributed by atoms with Crippen molar-refractivity contribution in [1.29, 1.82) is 0 Å². The van der Waals surface area contributed by atoms with Crippen molar-refractivity contribution in [2.75, 3.05) is 6.61 Å². The van der Waals surface area contributed by atoms with Gasteiger partial charge in [-0.15, -0.1) is 0 Å². The molecule has 2 aromatic rings. The lowest BCUT2D eigenvalue weighted by molar-refractivity contribution is -0.138. The smallest absolute Gasteiger partial charge is 0.342 e. The van der Waals surface area contributed by atoms with Crippen LogP contribution in [0, 0.1) is 0 Å². The van der Waals surface area contributed by atoms with Crippen LogP contribution in [0.3, 0.4) is 0 Å². The van der Waals surface area contributed by atoms with E-state index in [1.165, 1.54) is 0 Å². The van der Waals surface area contributed by atoms with Gasteiger partial charge in [0, 0.05) is 21.7 Å². The number of Topliss-reactive ketones (excluding diaryl/α,β-unsaturated/α-hetero) is 1. The summed E-state index contributed by atoms with van der Waals surface area (Å²) in [6, 6.07) is 15.0. The fourth-order valence-corrected chi connectivity index (χ4v) is 2.26. The summed E-state index contributed by atoms with van der Waals surface area (Å²) >= 11 is 3.28. The lowest BCUT2D eigenvalue weighted by Crippen LogP contribution is -2.18. The molecule has 0 saturated carbocycles. The molecule has 0 fully saturated rings. The first-order chi connectivity index (χ1) is 11.5. The Morgan fingerprint density at radius 2 is 1.58 bits per heavy atom. The second-order valence-corrected chi connectivity index (χ2v) is 5.76. The Labute approximate surface area is 148 Å². The zero-order valence-corrected chi connectivity index (χ0v) is 14.6. The number of esters is 1. The average molecular weight is 387 g/mol. The molecule has 0 saturated heterocycles. The summed E-state index contributed by atoms with van der Waals surface area (Å²) in [7, 11) is 0. The maximum absolute atomic E-state index is 12.6. The normalized spacial score (nSPS) is 11.0. The number of allylic oxidation sites excluding steroid dienone is 1. The minimum Gasteiger partial charge on any atom is -0.462 e. The van der Waals surface area contributed by atoms with Gasteiger partial charge in [0.2, 0.25) is 0 Å². The SMILES string of the molecule is CCOC(=O)/C(=C/C(=O)c1ccccc1)C(=O)c1ccc(Br)cc1. The Morgan fingerprint density at radius 1 is 0.958 bits per heavy atom. The molecule has 0 unspecified atom stereocenters. The third-order valence-electron chi connectivity index (χ3n) is 3.18. The summed E-state index contributed by atoms with van der Waals surface area (Å²) in [6.45, 7) is 1.75. The van der Waals surface area contributed by atoms with Gasteiger partial charge in [0.05, 0.1) is 6.61 Å². The minimum absolute atomic E-state index is 0.114. The first-order valence-electron chi connectivity index (χ1n) is 7.31. The average Bonchev–Trinajstić information content (AvgIpc) is 2.60. The topological polar surface area (TPSA) is 60.4 Å². The number of carbonyl (C=O) groups is 3. The van der Waals surface area contributed by atoms with Crippen LogP contribution in [0.5, 0.6) is 0 Å². The molecule has 0 atom stereocenters. The van der Waals surface area contributed by atoms with E-state index < -0.39 is 17.5 Å². The number of ether oxygens (including phenoxy) is 1. The highest BCUT2D eigenvalue weighted by Crippen LogP contribution is 2.16. The van der Waals surface area contributed by atoms with Gasteiger partial charge < -0.3 is 4.74 Å². The largest absolute Gasteiger partial charge is 0.462 e. The van der Waals surface area contributed by atoms with E-state index in [2.05, 4.69) is 15.9 Å². The summed E-state index contributed by atoms with van der Waals surface area (Å²) in [6.07, 6.45) is 1.04. The van der Waals surface area contributed by atoms with E-state index in [0.29, 0.717) is 11.1 Å². The predicted molar refractivity (Wildman–Crippen MR) is 94.0 cm³/mol. The Bertz CT molecular complexity index is 777. The molecule has 0 aliphatic heterocycles. The zero-order chi connectivity index (χ0) is 17.5. The molecular weight excluding hydrogens is 372 g/mol. The third kappa shape index (κ3) is 4.49. The van der Waals surface area contributed by atoms with Crippen molar-refractivity contribution in [3.05, 3.63) is 81.8 Å². The van der Waals surface area contributed by atoms with Crippen LogP contribution in [-0.2, 0) is 9.53 Å². The van der Waals surface area contributed by atoms with E-state index >= 15 is 0 Å². The maximum atomic E-state index is 12.6. The molecule has 0 aromatic heterocycles. The molecule has 0 heterocycles. The standard InChI is InChI=1S/C19H15BrO4/c1-2-24-19(23)16(12-17(21)13-6-4-3-5-7-13)18(22)14-8-10-15(20)11-9-14/h3-12H,2H2,1H3/b16-12+. The number of benzene rings is 2. The van der Waals surface area contributed by atoms with E-state index in [0.717, 1.165) is 10.5 Å². The summed E-state index contributed by atoms with van der Waals surface area (Å²) in [4.78, 5) is 37.0. The molecule has 5 heteroatoms. The molecule has 0 spiro atoms. The Balaban J connectivity index is 2.39. The first kappa shape index (κ1) is 17.8. The number of ketones is 2. The van der Waals surface area contributed by atoms with Crippen LogP contribution in [0.2, 0.25) is 0 Å². The molecule has 24 heavy (non-hydrogen) atoms. The van der Waals surface area contributed by atoms with Gasteiger partial charge in [0.1, 0.15) is 5.57 Å². The summed E-state index contributed by atoms with van der Waals surface area (Å²) in [5.41, 5.74) is 0.411. The minimum atomic E-state index is -0.810. The Kier molecular flexibility index (Phi) is 6.21. The van der Waals surface area contributed by atoms with Crippen LogP contribution in [0.25, 0.3) is 0 Å². The van der Waals surface area contributed by atoms with Gasteiger partial charge in [-0.1, -0.05) is 46.3 Å². The highest BCUT2D eigenvalue weighted by Gasteiger charge is 2.22. The van der Waals surface area contributed by atoms with Gasteiger partial charge in [-0.3, -0.25) is 9.59 Å². The van der Waals surface area contributed by atoms with Crippen LogP contribution >= 0.6 is 15.9 Å². The van der Waals surface area contributed by atoms with Crippen molar-refractivity contribution in [2.45, 2.75) is 6.92 Å². The van der Waals surface area contributed by atoms with Crippen molar-refractivity contribution < 1.29 is 19.1 Å². The van der Waals surface area contributed by atoms with Gasteiger partial charge in [-0.2, -0.15) is 0 Å². The highest BCUT2D eigenvalue weighted by molar-refractivity contribution is 9.10. The first-order valence-corrected chi connectivity index (χ1v) is 8.10. The van der Waals surface area contributed by atoms with E-state index in [1.807, 2.05) is 0 Å². The monoisotopic (exact) mass is 386 g/mol. The number of hydrogen-bond acceptors (Lipinski definition) is 4. The molecule has 2 rings (SSSR count). The second-order valence-electron chi connectivity index (χ2n) is 4.84.